The highest BCUT2D eigenvalue weighted by molar-refractivity contribution is 5.95. The van der Waals surface area contributed by atoms with Crippen LogP contribution in [0.2, 0.25) is 0 Å². The van der Waals surface area contributed by atoms with Crippen LogP contribution in [0.4, 0.5) is 0 Å². The summed E-state index contributed by atoms with van der Waals surface area (Å²) in [5.41, 5.74) is 5.29. The average molecular weight is 281 g/mol. The lowest BCUT2D eigenvalue weighted by Crippen LogP contribution is -2.29. The van der Waals surface area contributed by atoms with Crippen molar-refractivity contribution >= 4 is 5.91 Å². The number of benzene rings is 1. The molecule has 2 N–H and O–H groups in total. The van der Waals surface area contributed by atoms with Crippen LogP contribution in [0.3, 0.4) is 0 Å². The molecule has 1 aliphatic heterocycles. The van der Waals surface area contributed by atoms with E-state index in [-0.39, 0.29) is 5.91 Å². The number of nitrogens with zero attached hydrogens (tertiary/aromatic N) is 1. The van der Waals surface area contributed by atoms with E-state index in [0.717, 1.165) is 36.2 Å². The first-order chi connectivity index (χ1) is 10.2. The molecule has 1 aliphatic rings. The summed E-state index contributed by atoms with van der Waals surface area (Å²) >= 11 is 0. The predicted molar refractivity (Wildman–Crippen MR) is 82.0 cm³/mol. The Bertz CT molecular complexity index is 650. The molecule has 0 atom stereocenters. The van der Waals surface area contributed by atoms with E-state index in [0.29, 0.717) is 12.1 Å². The van der Waals surface area contributed by atoms with E-state index in [1.807, 2.05) is 18.3 Å². The zero-order valence-corrected chi connectivity index (χ0v) is 12.1. The van der Waals surface area contributed by atoms with Crippen LogP contribution < -0.4 is 10.6 Å². The SMILES string of the molecule is Cc1ccc(CNC(=O)c2cncc3c2CCNC3)cc1. The second-order valence-corrected chi connectivity index (χ2v) is 5.42. The second-order valence-electron chi connectivity index (χ2n) is 5.42. The Balaban J connectivity index is 1.72. The monoisotopic (exact) mass is 281 g/mol. The number of carbonyl (C=O) groups excluding carboxylic acids is 1. The van der Waals surface area contributed by atoms with Crippen molar-refractivity contribution in [3.8, 4) is 0 Å². The van der Waals surface area contributed by atoms with Crippen molar-refractivity contribution in [1.82, 2.24) is 15.6 Å². The van der Waals surface area contributed by atoms with Gasteiger partial charge in [0.15, 0.2) is 0 Å². The molecule has 1 aromatic heterocycles. The number of hydrogen-bond donors (Lipinski definition) is 2. The molecular weight excluding hydrogens is 262 g/mol. The van der Waals surface area contributed by atoms with Gasteiger partial charge >= 0.3 is 0 Å². The molecule has 21 heavy (non-hydrogen) atoms. The molecule has 0 fully saturated rings. The molecule has 1 aromatic carbocycles. The van der Waals surface area contributed by atoms with Crippen LogP contribution >= 0.6 is 0 Å². The molecule has 1 amide bonds. The van der Waals surface area contributed by atoms with Crippen molar-refractivity contribution in [1.29, 1.82) is 0 Å². The Labute approximate surface area is 124 Å². The molecule has 2 aromatic rings. The Morgan fingerprint density at radius 2 is 2.10 bits per heavy atom. The fourth-order valence-corrected chi connectivity index (χ4v) is 2.59. The standard InChI is InChI=1S/C17H19N3O/c1-12-2-4-13(5-3-12)8-20-17(21)16-11-19-10-14-9-18-7-6-15(14)16/h2-5,10-11,18H,6-9H2,1H3,(H,20,21). The Hall–Kier alpha value is -2.20. The topological polar surface area (TPSA) is 54.0 Å². The summed E-state index contributed by atoms with van der Waals surface area (Å²) in [4.78, 5) is 16.6. The van der Waals surface area contributed by atoms with Gasteiger partial charge in [-0.1, -0.05) is 29.8 Å². The Kier molecular flexibility index (Phi) is 3.97. The molecule has 0 bridgehead atoms. The molecule has 2 heterocycles. The third-order valence-electron chi connectivity index (χ3n) is 3.83. The minimum Gasteiger partial charge on any atom is -0.348 e. The summed E-state index contributed by atoms with van der Waals surface area (Å²) in [5.74, 6) is -0.0400. The highest BCUT2D eigenvalue weighted by atomic mass is 16.1. The van der Waals surface area contributed by atoms with Crippen LogP contribution in [-0.4, -0.2) is 17.4 Å². The lowest BCUT2D eigenvalue weighted by atomic mass is 9.98. The smallest absolute Gasteiger partial charge is 0.253 e. The van der Waals surface area contributed by atoms with Gasteiger partial charge in [-0.05, 0) is 36.6 Å². The molecule has 0 spiro atoms. The van der Waals surface area contributed by atoms with E-state index in [9.17, 15) is 4.79 Å². The van der Waals surface area contributed by atoms with Crippen LogP contribution in [-0.2, 0) is 19.5 Å². The van der Waals surface area contributed by atoms with Crippen molar-refractivity contribution in [2.24, 2.45) is 0 Å². The molecule has 4 heteroatoms. The largest absolute Gasteiger partial charge is 0.348 e. The molecule has 4 nitrogen and oxygen atoms in total. The first-order valence-electron chi connectivity index (χ1n) is 7.24. The molecule has 0 unspecified atom stereocenters. The molecule has 3 rings (SSSR count). The number of nitrogens with one attached hydrogen (secondary N) is 2. The minimum atomic E-state index is -0.0400. The fraction of sp³-hybridized carbons (Fsp3) is 0.294. The Morgan fingerprint density at radius 3 is 2.90 bits per heavy atom. The first kappa shape index (κ1) is 13.8. The number of aromatic nitrogens is 1. The van der Waals surface area contributed by atoms with Gasteiger partial charge in [0.05, 0.1) is 5.56 Å². The maximum Gasteiger partial charge on any atom is 0.253 e. The Morgan fingerprint density at radius 1 is 1.29 bits per heavy atom. The number of amides is 1. The van der Waals surface area contributed by atoms with Crippen molar-refractivity contribution in [2.75, 3.05) is 6.54 Å². The second kappa shape index (κ2) is 6.06. The van der Waals surface area contributed by atoms with Gasteiger partial charge in [0.2, 0.25) is 0 Å². The van der Waals surface area contributed by atoms with E-state index in [1.165, 1.54) is 5.56 Å². The third-order valence-corrected chi connectivity index (χ3v) is 3.83. The zero-order chi connectivity index (χ0) is 14.7. The lowest BCUT2D eigenvalue weighted by molar-refractivity contribution is 0.0949. The molecule has 108 valence electrons. The summed E-state index contributed by atoms with van der Waals surface area (Å²) in [6, 6.07) is 8.19. The van der Waals surface area contributed by atoms with Gasteiger partial charge in [-0.3, -0.25) is 9.78 Å². The third kappa shape index (κ3) is 3.11. The quantitative estimate of drug-likeness (QED) is 0.904. The molecule has 0 saturated carbocycles. The number of pyridine rings is 1. The van der Waals surface area contributed by atoms with Crippen LogP contribution in [0.5, 0.6) is 0 Å². The maximum absolute atomic E-state index is 12.4. The van der Waals surface area contributed by atoms with Crippen LogP contribution in [0, 0.1) is 6.92 Å². The summed E-state index contributed by atoms with van der Waals surface area (Å²) in [6.07, 6.45) is 4.40. The number of fused-ring (bicyclic) bond motifs is 1. The van der Waals surface area contributed by atoms with Crippen molar-refractivity contribution in [3.05, 3.63) is 64.5 Å². The highest BCUT2D eigenvalue weighted by Gasteiger charge is 2.17. The van der Waals surface area contributed by atoms with E-state index >= 15 is 0 Å². The van der Waals surface area contributed by atoms with E-state index in [1.54, 1.807) is 6.20 Å². The highest BCUT2D eigenvalue weighted by Crippen LogP contribution is 2.17. The number of aryl methyl sites for hydroxylation is 1. The first-order valence-corrected chi connectivity index (χ1v) is 7.24. The molecule has 0 radical (unpaired) electrons. The van der Waals surface area contributed by atoms with Gasteiger partial charge < -0.3 is 10.6 Å². The molecule has 0 aliphatic carbocycles. The summed E-state index contributed by atoms with van der Waals surface area (Å²) in [7, 11) is 0. The van der Waals surface area contributed by atoms with E-state index in [4.69, 9.17) is 0 Å². The minimum absolute atomic E-state index is 0.0400. The molecular formula is C17H19N3O. The summed E-state index contributed by atoms with van der Waals surface area (Å²) in [6.45, 7) is 4.30. The van der Waals surface area contributed by atoms with Gasteiger partial charge in [-0.15, -0.1) is 0 Å². The van der Waals surface area contributed by atoms with E-state index in [2.05, 4.69) is 34.7 Å². The normalized spacial score (nSPS) is 13.6. The van der Waals surface area contributed by atoms with Crippen molar-refractivity contribution in [3.63, 3.8) is 0 Å². The summed E-state index contributed by atoms with van der Waals surface area (Å²) in [5, 5.41) is 6.28. The van der Waals surface area contributed by atoms with Gasteiger partial charge in [0, 0.05) is 25.5 Å². The van der Waals surface area contributed by atoms with Gasteiger partial charge in [0.1, 0.15) is 0 Å². The van der Waals surface area contributed by atoms with Gasteiger partial charge in [0.25, 0.3) is 5.91 Å². The van der Waals surface area contributed by atoms with Crippen LogP contribution in [0.25, 0.3) is 0 Å². The number of rotatable bonds is 3. The van der Waals surface area contributed by atoms with Crippen LogP contribution in [0.15, 0.2) is 36.7 Å². The summed E-state index contributed by atoms with van der Waals surface area (Å²) < 4.78 is 0. The van der Waals surface area contributed by atoms with E-state index < -0.39 is 0 Å². The van der Waals surface area contributed by atoms with Crippen molar-refractivity contribution < 1.29 is 4.79 Å². The number of carbonyl (C=O) groups is 1. The van der Waals surface area contributed by atoms with Gasteiger partial charge in [-0.25, -0.2) is 0 Å². The average Bonchev–Trinajstić information content (AvgIpc) is 2.53. The predicted octanol–water partition coefficient (Wildman–Crippen LogP) is 1.97. The maximum atomic E-state index is 12.4. The van der Waals surface area contributed by atoms with Crippen molar-refractivity contribution in [2.45, 2.75) is 26.4 Å². The van der Waals surface area contributed by atoms with Gasteiger partial charge in [-0.2, -0.15) is 0 Å². The fourth-order valence-electron chi connectivity index (χ4n) is 2.59. The number of hydrogen-bond acceptors (Lipinski definition) is 3. The molecule has 0 saturated heterocycles. The zero-order valence-electron chi connectivity index (χ0n) is 12.1. The lowest BCUT2D eigenvalue weighted by Gasteiger charge is -2.19. The van der Waals surface area contributed by atoms with Crippen LogP contribution in [0.1, 0.15) is 32.6 Å².